The van der Waals surface area contributed by atoms with Crippen molar-refractivity contribution in [3.63, 3.8) is 0 Å². The number of aromatic carboxylic acids is 1. The van der Waals surface area contributed by atoms with E-state index in [2.05, 4.69) is 15.3 Å². The number of aromatic nitrogens is 2. The molecule has 0 aliphatic heterocycles. The van der Waals surface area contributed by atoms with Gasteiger partial charge in [-0.15, -0.1) is 23.1 Å². The number of carbonyl (C=O) groups excluding carboxylic acids is 1. The highest BCUT2D eigenvalue weighted by molar-refractivity contribution is 7.99. The molecule has 2 aromatic heterocycles. The summed E-state index contributed by atoms with van der Waals surface area (Å²) in [7, 11) is 0. The summed E-state index contributed by atoms with van der Waals surface area (Å²) in [4.78, 5) is 30.8. The fraction of sp³-hybridized carbons (Fsp3) is 0.231. The van der Waals surface area contributed by atoms with E-state index in [9.17, 15) is 9.59 Å². The molecule has 0 bridgehead atoms. The minimum absolute atomic E-state index is 0.161. The zero-order valence-electron chi connectivity index (χ0n) is 11.2. The van der Waals surface area contributed by atoms with E-state index in [0.717, 1.165) is 10.7 Å². The van der Waals surface area contributed by atoms with E-state index < -0.39 is 5.97 Å². The van der Waals surface area contributed by atoms with Gasteiger partial charge in [0.2, 0.25) is 5.91 Å². The number of nitrogens with zero attached hydrogens (tertiary/aromatic N) is 2. The standard InChI is InChI=1S/C13H13N3O3S2/c1-8-15-9(6-21-8)5-20-7-11(17)16-10-3-2-4-14-12(10)13(18)19/h2-4,6H,5,7H2,1H3,(H,16,17)(H,18,19). The molecule has 21 heavy (non-hydrogen) atoms. The largest absolute Gasteiger partial charge is 0.476 e. The van der Waals surface area contributed by atoms with Crippen LogP contribution in [0.1, 0.15) is 21.2 Å². The van der Waals surface area contributed by atoms with Gasteiger partial charge in [-0.25, -0.2) is 14.8 Å². The van der Waals surface area contributed by atoms with Gasteiger partial charge in [-0.2, -0.15) is 0 Å². The third-order valence-electron chi connectivity index (χ3n) is 2.43. The summed E-state index contributed by atoms with van der Waals surface area (Å²) in [6.45, 7) is 1.93. The Labute approximate surface area is 129 Å². The van der Waals surface area contributed by atoms with Crippen molar-refractivity contribution < 1.29 is 14.7 Å². The summed E-state index contributed by atoms with van der Waals surface area (Å²) < 4.78 is 0. The molecule has 0 aliphatic carbocycles. The Morgan fingerprint density at radius 1 is 1.48 bits per heavy atom. The molecule has 0 saturated carbocycles. The van der Waals surface area contributed by atoms with Crippen molar-refractivity contribution in [3.05, 3.63) is 40.1 Å². The van der Waals surface area contributed by atoms with Crippen LogP contribution in [-0.4, -0.2) is 32.7 Å². The number of thiazole rings is 1. The van der Waals surface area contributed by atoms with Gasteiger partial charge in [0.25, 0.3) is 0 Å². The first-order valence-corrected chi connectivity index (χ1v) is 8.06. The highest BCUT2D eigenvalue weighted by Crippen LogP contribution is 2.16. The molecule has 1 amide bonds. The van der Waals surface area contributed by atoms with Crippen LogP contribution in [0.25, 0.3) is 0 Å². The number of carboxylic acid groups (broad SMARTS) is 1. The lowest BCUT2D eigenvalue weighted by Gasteiger charge is -2.06. The van der Waals surface area contributed by atoms with Crippen LogP contribution in [0.2, 0.25) is 0 Å². The number of hydrogen-bond acceptors (Lipinski definition) is 6. The average Bonchev–Trinajstić information content (AvgIpc) is 2.85. The molecule has 2 aromatic rings. The Morgan fingerprint density at radius 3 is 2.95 bits per heavy atom. The van der Waals surface area contributed by atoms with Crippen LogP contribution in [0.5, 0.6) is 0 Å². The number of amides is 1. The molecule has 0 atom stereocenters. The van der Waals surface area contributed by atoms with Gasteiger partial charge in [0.05, 0.1) is 22.1 Å². The number of aryl methyl sites for hydroxylation is 1. The van der Waals surface area contributed by atoms with Gasteiger partial charge in [-0.1, -0.05) is 0 Å². The van der Waals surface area contributed by atoms with Gasteiger partial charge in [0, 0.05) is 17.3 Å². The van der Waals surface area contributed by atoms with Crippen molar-refractivity contribution >= 4 is 40.7 Å². The number of nitrogens with one attached hydrogen (secondary N) is 1. The van der Waals surface area contributed by atoms with E-state index in [1.165, 1.54) is 24.0 Å². The number of hydrogen-bond donors (Lipinski definition) is 2. The van der Waals surface area contributed by atoms with Gasteiger partial charge in [0.1, 0.15) is 0 Å². The van der Waals surface area contributed by atoms with E-state index in [4.69, 9.17) is 5.11 Å². The Bertz CT molecular complexity index is 658. The van der Waals surface area contributed by atoms with Gasteiger partial charge in [-0.05, 0) is 19.1 Å². The van der Waals surface area contributed by atoms with Crippen molar-refractivity contribution in [2.75, 3.05) is 11.1 Å². The normalized spacial score (nSPS) is 10.3. The molecule has 8 heteroatoms. The van der Waals surface area contributed by atoms with Crippen LogP contribution in [-0.2, 0) is 10.5 Å². The smallest absolute Gasteiger partial charge is 0.356 e. The first-order chi connectivity index (χ1) is 10.1. The lowest BCUT2D eigenvalue weighted by molar-refractivity contribution is -0.113. The molecule has 0 saturated heterocycles. The summed E-state index contributed by atoms with van der Waals surface area (Å²) in [5.41, 5.74) is 0.994. The van der Waals surface area contributed by atoms with Crippen molar-refractivity contribution in [2.24, 2.45) is 0 Å². The molecular weight excluding hydrogens is 310 g/mol. The van der Waals surface area contributed by atoms with Crippen LogP contribution in [0.3, 0.4) is 0 Å². The quantitative estimate of drug-likeness (QED) is 0.848. The number of anilines is 1. The minimum atomic E-state index is -1.17. The molecule has 0 spiro atoms. The van der Waals surface area contributed by atoms with Crippen molar-refractivity contribution in [3.8, 4) is 0 Å². The summed E-state index contributed by atoms with van der Waals surface area (Å²) in [5.74, 6) is -0.555. The maximum atomic E-state index is 11.8. The maximum Gasteiger partial charge on any atom is 0.356 e. The monoisotopic (exact) mass is 323 g/mol. The van der Waals surface area contributed by atoms with E-state index in [1.54, 1.807) is 17.4 Å². The Balaban J connectivity index is 1.86. The second-order valence-electron chi connectivity index (χ2n) is 4.10. The molecule has 2 heterocycles. The molecule has 110 valence electrons. The summed E-state index contributed by atoms with van der Waals surface area (Å²) >= 11 is 3.00. The van der Waals surface area contributed by atoms with Gasteiger partial charge in [0.15, 0.2) is 5.69 Å². The highest BCUT2D eigenvalue weighted by atomic mass is 32.2. The Morgan fingerprint density at radius 2 is 2.29 bits per heavy atom. The van der Waals surface area contributed by atoms with E-state index >= 15 is 0 Å². The SMILES string of the molecule is Cc1nc(CSCC(=O)Nc2cccnc2C(=O)O)cs1. The fourth-order valence-electron chi connectivity index (χ4n) is 1.59. The lowest BCUT2D eigenvalue weighted by atomic mass is 10.3. The number of thioether (sulfide) groups is 1. The predicted molar refractivity (Wildman–Crippen MR) is 82.8 cm³/mol. The first kappa shape index (κ1) is 15.5. The highest BCUT2D eigenvalue weighted by Gasteiger charge is 2.13. The van der Waals surface area contributed by atoms with E-state index in [-0.39, 0.29) is 23.0 Å². The molecule has 0 aliphatic rings. The van der Waals surface area contributed by atoms with Gasteiger partial charge in [-0.3, -0.25) is 4.79 Å². The van der Waals surface area contributed by atoms with E-state index in [1.807, 2.05) is 12.3 Å². The fourth-order valence-corrected chi connectivity index (χ4v) is 3.02. The lowest BCUT2D eigenvalue weighted by Crippen LogP contribution is -2.17. The van der Waals surface area contributed by atoms with Crippen LogP contribution >= 0.6 is 23.1 Å². The molecular formula is C13H13N3O3S2. The first-order valence-electron chi connectivity index (χ1n) is 6.03. The molecule has 0 fully saturated rings. The molecule has 2 N–H and O–H groups in total. The van der Waals surface area contributed by atoms with Crippen molar-refractivity contribution in [2.45, 2.75) is 12.7 Å². The average molecular weight is 323 g/mol. The summed E-state index contributed by atoms with van der Waals surface area (Å²) in [5, 5.41) is 14.5. The molecule has 6 nitrogen and oxygen atoms in total. The predicted octanol–water partition coefficient (Wildman–Crippen LogP) is 2.42. The van der Waals surface area contributed by atoms with Gasteiger partial charge < -0.3 is 10.4 Å². The Hall–Kier alpha value is -1.93. The second kappa shape index (κ2) is 7.19. The molecule has 0 radical (unpaired) electrons. The number of pyridine rings is 1. The maximum absolute atomic E-state index is 11.8. The molecule has 0 aromatic carbocycles. The summed E-state index contributed by atoms with van der Waals surface area (Å²) in [6, 6.07) is 3.09. The third kappa shape index (κ3) is 4.54. The van der Waals surface area contributed by atoms with Crippen molar-refractivity contribution in [1.29, 1.82) is 0 Å². The number of carboxylic acids is 1. The molecule has 0 unspecified atom stereocenters. The van der Waals surface area contributed by atoms with E-state index in [0.29, 0.717) is 5.75 Å². The number of rotatable bonds is 6. The van der Waals surface area contributed by atoms with Crippen LogP contribution < -0.4 is 5.32 Å². The van der Waals surface area contributed by atoms with Crippen LogP contribution in [0, 0.1) is 6.92 Å². The van der Waals surface area contributed by atoms with Gasteiger partial charge >= 0.3 is 5.97 Å². The summed E-state index contributed by atoms with van der Waals surface area (Å²) in [6.07, 6.45) is 1.37. The second-order valence-corrected chi connectivity index (χ2v) is 6.15. The zero-order valence-corrected chi connectivity index (χ0v) is 12.8. The molecule has 2 rings (SSSR count). The Kier molecular flexibility index (Phi) is 5.29. The van der Waals surface area contributed by atoms with Crippen LogP contribution in [0.15, 0.2) is 23.7 Å². The minimum Gasteiger partial charge on any atom is -0.476 e. The van der Waals surface area contributed by atoms with Crippen LogP contribution in [0.4, 0.5) is 5.69 Å². The van der Waals surface area contributed by atoms with Crippen molar-refractivity contribution in [1.82, 2.24) is 9.97 Å². The number of carbonyl (C=O) groups is 2. The third-order valence-corrected chi connectivity index (χ3v) is 4.22. The topological polar surface area (TPSA) is 92.2 Å². The zero-order chi connectivity index (χ0) is 15.2.